The summed E-state index contributed by atoms with van der Waals surface area (Å²) >= 11 is 0. The van der Waals surface area contributed by atoms with Gasteiger partial charge in [-0.25, -0.2) is 8.42 Å². The molecule has 2 aliphatic heterocycles. The lowest BCUT2D eigenvalue weighted by molar-refractivity contribution is -0.120. The summed E-state index contributed by atoms with van der Waals surface area (Å²) in [6.07, 6.45) is 0.856. The highest BCUT2D eigenvalue weighted by Crippen LogP contribution is 2.26. The van der Waals surface area contributed by atoms with Gasteiger partial charge in [-0.3, -0.25) is 9.59 Å². The van der Waals surface area contributed by atoms with Crippen LogP contribution < -0.4 is 5.32 Å². The zero-order chi connectivity index (χ0) is 22.6. The Labute approximate surface area is 188 Å². The van der Waals surface area contributed by atoms with E-state index in [9.17, 15) is 18.0 Å². The van der Waals surface area contributed by atoms with Crippen LogP contribution in [-0.4, -0.2) is 68.8 Å². The minimum Gasteiger partial charge on any atom is -0.378 e. The van der Waals surface area contributed by atoms with E-state index in [0.717, 1.165) is 0 Å². The van der Waals surface area contributed by atoms with Gasteiger partial charge in [-0.2, -0.15) is 4.31 Å². The molecule has 8 nitrogen and oxygen atoms in total. The quantitative estimate of drug-likeness (QED) is 0.743. The average Bonchev–Trinajstić information content (AvgIpc) is 2.85. The number of rotatable bonds is 5. The lowest BCUT2D eigenvalue weighted by atomic mass is 9.97. The maximum atomic E-state index is 12.9. The van der Waals surface area contributed by atoms with E-state index in [1.807, 2.05) is 0 Å². The Morgan fingerprint density at radius 1 is 0.875 bits per heavy atom. The lowest BCUT2D eigenvalue weighted by Gasteiger charge is -2.31. The summed E-state index contributed by atoms with van der Waals surface area (Å²) in [5, 5.41) is 2.90. The van der Waals surface area contributed by atoms with Gasteiger partial charge in [-0.15, -0.1) is 0 Å². The molecule has 2 aliphatic rings. The van der Waals surface area contributed by atoms with Crippen LogP contribution in [0.1, 0.15) is 23.2 Å². The number of amides is 2. The van der Waals surface area contributed by atoms with E-state index < -0.39 is 10.0 Å². The fourth-order valence-electron chi connectivity index (χ4n) is 4.05. The molecule has 0 saturated carbocycles. The number of nitrogens with one attached hydrogen (secondary N) is 1. The number of hydrogen-bond donors (Lipinski definition) is 1. The van der Waals surface area contributed by atoms with Crippen molar-refractivity contribution in [2.75, 3.05) is 44.7 Å². The number of anilines is 1. The molecule has 1 N–H and O–H groups in total. The molecule has 2 aromatic rings. The Morgan fingerprint density at radius 3 is 2.19 bits per heavy atom. The standard InChI is InChI=1S/C23H27N3O5S/c27-22(18-10-12-26(13-11-18)32(29,30)19-6-2-1-3-7-19)24-21-9-5-4-8-20(21)23(28)25-14-16-31-17-15-25/h1-9,18H,10-17H2,(H,24,27). The highest BCUT2D eigenvalue weighted by Gasteiger charge is 2.32. The van der Waals surface area contributed by atoms with E-state index in [4.69, 9.17) is 4.74 Å². The van der Waals surface area contributed by atoms with Crippen molar-refractivity contribution < 1.29 is 22.7 Å². The summed E-state index contributed by atoms with van der Waals surface area (Å²) in [6.45, 7) is 2.62. The molecule has 2 fully saturated rings. The third-order valence-corrected chi connectivity index (χ3v) is 7.83. The SMILES string of the molecule is O=C(Nc1ccccc1C(=O)N1CCOCC1)C1CCN(S(=O)(=O)c2ccccc2)CC1. The van der Waals surface area contributed by atoms with Crippen molar-refractivity contribution in [2.24, 2.45) is 5.92 Å². The maximum absolute atomic E-state index is 12.9. The molecule has 32 heavy (non-hydrogen) atoms. The fourth-order valence-corrected chi connectivity index (χ4v) is 5.54. The summed E-state index contributed by atoms with van der Waals surface area (Å²) in [5.74, 6) is -0.638. The van der Waals surface area contributed by atoms with Gasteiger partial charge in [0.25, 0.3) is 5.91 Å². The molecule has 0 unspecified atom stereocenters. The number of carbonyl (C=O) groups is 2. The summed E-state index contributed by atoms with van der Waals surface area (Å²) in [6, 6.07) is 15.3. The molecule has 0 radical (unpaired) electrons. The first-order valence-electron chi connectivity index (χ1n) is 10.8. The van der Waals surface area contributed by atoms with Gasteiger partial charge >= 0.3 is 0 Å². The second kappa shape index (κ2) is 9.81. The summed E-state index contributed by atoms with van der Waals surface area (Å²) in [5.41, 5.74) is 0.931. The monoisotopic (exact) mass is 457 g/mol. The number of nitrogens with zero attached hydrogens (tertiary/aromatic N) is 2. The van der Waals surface area contributed by atoms with Crippen LogP contribution in [-0.2, 0) is 19.6 Å². The number of para-hydroxylation sites is 1. The molecule has 0 bridgehead atoms. The molecular formula is C23H27N3O5S. The van der Waals surface area contributed by atoms with E-state index in [0.29, 0.717) is 50.4 Å². The van der Waals surface area contributed by atoms with Crippen LogP contribution in [0, 0.1) is 5.92 Å². The van der Waals surface area contributed by atoms with Gasteiger partial charge in [0.2, 0.25) is 15.9 Å². The molecule has 0 aliphatic carbocycles. The van der Waals surface area contributed by atoms with E-state index in [-0.39, 0.29) is 35.7 Å². The Hall–Kier alpha value is -2.75. The number of benzene rings is 2. The van der Waals surface area contributed by atoms with Gasteiger partial charge in [-0.05, 0) is 37.1 Å². The van der Waals surface area contributed by atoms with Crippen molar-refractivity contribution in [2.45, 2.75) is 17.7 Å². The Bertz CT molecular complexity index is 1060. The molecule has 0 atom stereocenters. The maximum Gasteiger partial charge on any atom is 0.256 e. The van der Waals surface area contributed by atoms with Crippen LogP contribution in [0.15, 0.2) is 59.5 Å². The number of morpholine rings is 1. The molecular weight excluding hydrogens is 430 g/mol. The Morgan fingerprint density at radius 2 is 1.50 bits per heavy atom. The second-order valence-corrected chi connectivity index (χ2v) is 9.87. The van der Waals surface area contributed by atoms with E-state index in [1.54, 1.807) is 59.5 Å². The van der Waals surface area contributed by atoms with Crippen molar-refractivity contribution in [3.05, 3.63) is 60.2 Å². The predicted octanol–water partition coefficient (Wildman–Crippen LogP) is 2.20. The first-order chi connectivity index (χ1) is 15.5. The molecule has 2 amide bonds. The number of hydrogen-bond acceptors (Lipinski definition) is 5. The van der Waals surface area contributed by atoms with Crippen LogP contribution in [0.3, 0.4) is 0 Å². The Kier molecular flexibility index (Phi) is 6.88. The minimum atomic E-state index is -3.56. The van der Waals surface area contributed by atoms with Crippen molar-refractivity contribution in [1.29, 1.82) is 0 Å². The van der Waals surface area contributed by atoms with Crippen LogP contribution in [0.2, 0.25) is 0 Å². The molecule has 170 valence electrons. The zero-order valence-electron chi connectivity index (χ0n) is 17.8. The summed E-state index contributed by atoms with van der Waals surface area (Å²) < 4.78 is 32.3. The van der Waals surface area contributed by atoms with E-state index in [2.05, 4.69) is 5.32 Å². The van der Waals surface area contributed by atoms with Crippen LogP contribution in [0.4, 0.5) is 5.69 Å². The molecule has 4 rings (SSSR count). The largest absolute Gasteiger partial charge is 0.378 e. The molecule has 2 saturated heterocycles. The zero-order valence-corrected chi connectivity index (χ0v) is 18.6. The van der Waals surface area contributed by atoms with Crippen LogP contribution >= 0.6 is 0 Å². The van der Waals surface area contributed by atoms with Crippen molar-refractivity contribution in [3.8, 4) is 0 Å². The van der Waals surface area contributed by atoms with Crippen molar-refractivity contribution in [1.82, 2.24) is 9.21 Å². The normalized spacial score (nSPS) is 18.3. The van der Waals surface area contributed by atoms with Gasteiger partial charge in [0.1, 0.15) is 0 Å². The third kappa shape index (κ3) is 4.85. The number of sulfonamides is 1. The molecule has 0 spiro atoms. The molecule has 2 aromatic carbocycles. The first kappa shape index (κ1) is 22.4. The second-order valence-electron chi connectivity index (χ2n) is 7.93. The molecule has 9 heteroatoms. The number of ether oxygens (including phenoxy) is 1. The smallest absolute Gasteiger partial charge is 0.256 e. The minimum absolute atomic E-state index is 0.132. The van der Waals surface area contributed by atoms with Gasteiger partial charge in [0.15, 0.2) is 0 Å². The van der Waals surface area contributed by atoms with Crippen LogP contribution in [0.5, 0.6) is 0 Å². The van der Waals surface area contributed by atoms with Crippen molar-refractivity contribution in [3.63, 3.8) is 0 Å². The summed E-state index contributed by atoms with van der Waals surface area (Å²) in [7, 11) is -3.56. The van der Waals surface area contributed by atoms with Crippen molar-refractivity contribution >= 4 is 27.5 Å². The van der Waals surface area contributed by atoms with Gasteiger partial charge in [0, 0.05) is 32.1 Å². The number of piperidine rings is 1. The molecule has 2 heterocycles. The highest BCUT2D eigenvalue weighted by atomic mass is 32.2. The predicted molar refractivity (Wildman–Crippen MR) is 120 cm³/mol. The topological polar surface area (TPSA) is 96.0 Å². The lowest BCUT2D eigenvalue weighted by Crippen LogP contribution is -2.42. The summed E-state index contributed by atoms with van der Waals surface area (Å²) in [4.78, 5) is 27.8. The first-order valence-corrected chi connectivity index (χ1v) is 12.2. The third-order valence-electron chi connectivity index (χ3n) is 5.92. The van der Waals surface area contributed by atoms with E-state index in [1.165, 1.54) is 4.31 Å². The van der Waals surface area contributed by atoms with Gasteiger partial charge in [-0.1, -0.05) is 30.3 Å². The number of carbonyl (C=O) groups excluding carboxylic acids is 2. The highest BCUT2D eigenvalue weighted by molar-refractivity contribution is 7.89. The van der Waals surface area contributed by atoms with E-state index >= 15 is 0 Å². The Balaban J connectivity index is 1.39. The molecule has 0 aromatic heterocycles. The van der Waals surface area contributed by atoms with Crippen LogP contribution in [0.25, 0.3) is 0 Å². The van der Waals surface area contributed by atoms with Gasteiger partial charge in [0.05, 0.1) is 29.4 Å². The average molecular weight is 458 g/mol. The van der Waals surface area contributed by atoms with Gasteiger partial charge < -0.3 is 15.0 Å². The fraction of sp³-hybridized carbons (Fsp3) is 0.391.